The average molecular weight is 317 g/mol. The van der Waals surface area contributed by atoms with Crippen LogP contribution in [0.1, 0.15) is 5.56 Å². The normalized spacial score (nSPS) is 10.8. The van der Waals surface area contributed by atoms with Crippen LogP contribution in [0.25, 0.3) is 16.9 Å². The van der Waals surface area contributed by atoms with E-state index in [0.717, 1.165) is 22.5 Å². The number of para-hydroxylation sites is 1. The van der Waals surface area contributed by atoms with E-state index in [4.69, 9.17) is 28.3 Å². The molecule has 0 radical (unpaired) electrons. The highest BCUT2D eigenvalue weighted by Gasteiger charge is 2.17. The first kappa shape index (κ1) is 14.2. The molecule has 0 saturated heterocycles. The minimum atomic E-state index is 0.514. The fourth-order valence-corrected chi connectivity index (χ4v) is 2.82. The highest BCUT2D eigenvalue weighted by molar-refractivity contribution is 6.31. The van der Waals surface area contributed by atoms with E-state index in [1.54, 1.807) is 4.68 Å². The van der Waals surface area contributed by atoms with E-state index < -0.39 is 0 Å². The maximum Gasteiger partial charge on any atom is 0.136 e. The number of hydrogen-bond acceptors (Lipinski definition) is 1. The van der Waals surface area contributed by atoms with Crippen molar-refractivity contribution >= 4 is 23.2 Å². The van der Waals surface area contributed by atoms with Crippen LogP contribution in [0.5, 0.6) is 0 Å². The van der Waals surface area contributed by atoms with Crippen LogP contribution in [0.4, 0.5) is 0 Å². The second-order valence-corrected chi connectivity index (χ2v) is 5.41. The van der Waals surface area contributed by atoms with Gasteiger partial charge < -0.3 is 0 Å². The monoisotopic (exact) mass is 316 g/mol. The summed E-state index contributed by atoms with van der Waals surface area (Å²) < 4.78 is 1.77. The maximum atomic E-state index is 6.53. The molecule has 0 atom stereocenters. The Morgan fingerprint density at radius 2 is 1.52 bits per heavy atom. The van der Waals surface area contributed by atoms with E-state index in [-0.39, 0.29) is 0 Å². The van der Waals surface area contributed by atoms with E-state index in [9.17, 15) is 0 Å². The van der Waals surface area contributed by atoms with Crippen LogP contribution in [0.3, 0.4) is 0 Å². The van der Waals surface area contributed by atoms with Gasteiger partial charge in [-0.05, 0) is 18.6 Å². The Morgan fingerprint density at radius 3 is 2.14 bits per heavy atom. The summed E-state index contributed by atoms with van der Waals surface area (Å²) in [6.45, 7) is 0. The Morgan fingerprint density at radius 1 is 0.905 bits per heavy atom. The lowest BCUT2D eigenvalue weighted by molar-refractivity contribution is 0.884. The zero-order chi connectivity index (χ0) is 14.7. The molecule has 0 spiro atoms. The van der Waals surface area contributed by atoms with Gasteiger partial charge in [0.1, 0.15) is 5.15 Å². The number of nitrogens with zero attached hydrogens (tertiary/aromatic N) is 2. The summed E-state index contributed by atoms with van der Waals surface area (Å²) in [5.41, 5.74) is 3.88. The molecule has 1 heterocycles. The third kappa shape index (κ3) is 2.82. The van der Waals surface area contributed by atoms with Gasteiger partial charge in [0.25, 0.3) is 0 Å². The molecule has 1 aromatic heterocycles. The molecule has 3 aromatic rings. The number of hydrogen-bond donors (Lipinski definition) is 0. The third-order valence-corrected chi connectivity index (χ3v) is 3.89. The smallest absolute Gasteiger partial charge is 0.136 e. The Balaban J connectivity index is 2.16. The standard InChI is InChI=1S/C17H14Cl2N2/c18-12-11-15-16(13-7-3-1-4-8-13)20-21(17(15)19)14-9-5-2-6-10-14/h1-10H,11-12H2. The zero-order valence-electron chi connectivity index (χ0n) is 11.3. The molecule has 0 unspecified atom stereocenters. The SMILES string of the molecule is ClCCc1c(-c2ccccc2)nn(-c2ccccc2)c1Cl. The van der Waals surface area contributed by atoms with Crippen molar-refractivity contribution in [3.05, 3.63) is 71.4 Å². The van der Waals surface area contributed by atoms with Crippen molar-refractivity contribution < 1.29 is 0 Å². The second-order valence-electron chi connectivity index (χ2n) is 4.67. The van der Waals surface area contributed by atoms with Gasteiger partial charge in [0, 0.05) is 17.0 Å². The second kappa shape index (κ2) is 6.33. The Labute approximate surface area is 133 Å². The number of aromatic nitrogens is 2. The van der Waals surface area contributed by atoms with Crippen molar-refractivity contribution in [2.45, 2.75) is 6.42 Å². The van der Waals surface area contributed by atoms with E-state index in [2.05, 4.69) is 0 Å². The van der Waals surface area contributed by atoms with Crippen LogP contribution in [0.15, 0.2) is 60.7 Å². The Kier molecular flexibility index (Phi) is 4.28. The zero-order valence-corrected chi connectivity index (χ0v) is 12.8. The van der Waals surface area contributed by atoms with Gasteiger partial charge in [-0.3, -0.25) is 0 Å². The first-order valence-corrected chi connectivity index (χ1v) is 7.66. The summed E-state index contributed by atoms with van der Waals surface area (Å²) in [6.07, 6.45) is 0.692. The fourth-order valence-electron chi connectivity index (χ4n) is 2.31. The van der Waals surface area contributed by atoms with Gasteiger partial charge in [-0.2, -0.15) is 5.10 Å². The summed E-state index contributed by atoms with van der Waals surface area (Å²) in [4.78, 5) is 0. The molecule has 0 aliphatic carbocycles. The highest BCUT2D eigenvalue weighted by atomic mass is 35.5. The molecule has 21 heavy (non-hydrogen) atoms. The summed E-state index contributed by atoms with van der Waals surface area (Å²) in [5.74, 6) is 0.514. The molecule has 3 rings (SSSR count). The molecule has 2 aromatic carbocycles. The lowest BCUT2D eigenvalue weighted by Gasteiger charge is -2.02. The van der Waals surface area contributed by atoms with Crippen molar-refractivity contribution in [1.29, 1.82) is 0 Å². The molecule has 0 amide bonds. The first-order valence-electron chi connectivity index (χ1n) is 6.75. The molecular formula is C17H14Cl2N2. The predicted molar refractivity (Wildman–Crippen MR) is 88.4 cm³/mol. The van der Waals surface area contributed by atoms with Gasteiger partial charge in [-0.1, -0.05) is 60.1 Å². The van der Waals surface area contributed by atoms with E-state index in [1.165, 1.54) is 0 Å². The summed E-state index contributed by atoms with van der Waals surface area (Å²) >= 11 is 12.5. The van der Waals surface area contributed by atoms with E-state index >= 15 is 0 Å². The number of benzene rings is 2. The molecule has 0 aliphatic heterocycles. The van der Waals surface area contributed by atoms with Crippen LogP contribution in [-0.4, -0.2) is 15.7 Å². The van der Waals surface area contributed by atoms with Crippen molar-refractivity contribution in [1.82, 2.24) is 9.78 Å². The minimum Gasteiger partial charge on any atom is -0.221 e. The first-order chi connectivity index (χ1) is 10.3. The average Bonchev–Trinajstić information content (AvgIpc) is 2.87. The van der Waals surface area contributed by atoms with Gasteiger partial charge in [0.05, 0.1) is 11.4 Å². The van der Waals surface area contributed by atoms with E-state index in [1.807, 2.05) is 60.7 Å². The van der Waals surface area contributed by atoms with Gasteiger partial charge in [0.2, 0.25) is 0 Å². The number of alkyl halides is 1. The quantitative estimate of drug-likeness (QED) is 0.621. The molecule has 4 heteroatoms. The Bertz CT molecular complexity index is 721. The van der Waals surface area contributed by atoms with Gasteiger partial charge in [0.15, 0.2) is 0 Å². The van der Waals surface area contributed by atoms with Crippen molar-refractivity contribution in [2.75, 3.05) is 5.88 Å². The molecule has 106 valence electrons. The molecule has 0 N–H and O–H groups in total. The summed E-state index contributed by atoms with van der Waals surface area (Å²) in [6, 6.07) is 19.9. The van der Waals surface area contributed by atoms with Gasteiger partial charge in [-0.15, -0.1) is 11.6 Å². The molecule has 0 bridgehead atoms. The molecular weight excluding hydrogens is 303 g/mol. The topological polar surface area (TPSA) is 17.8 Å². The summed E-state index contributed by atoms with van der Waals surface area (Å²) in [5, 5.41) is 5.32. The molecule has 0 fully saturated rings. The largest absolute Gasteiger partial charge is 0.221 e. The maximum absolute atomic E-state index is 6.53. The minimum absolute atomic E-state index is 0.514. The Hall–Kier alpha value is -1.77. The van der Waals surface area contributed by atoms with Crippen LogP contribution in [0.2, 0.25) is 5.15 Å². The van der Waals surface area contributed by atoms with E-state index in [0.29, 0.717) is 17.5 Å². The number of halogens is 2. The highest BCUT2D eigenvalue weighted by Crippen LogP contribution is 2.31. The van der Waals surface area contributed by atoms with Crippen molar-refractivity contribution in [3.8, 4) is 16.9 Å². The van der Waals surface area contributed by atoms with Crippen LogP contribution >= 0.6 is 23.2 Å². The lowest BCUT2D eigenvalue weighted by Crippen LogP contribution is -1.96. The summed E-state index contributed by atoms with van der Waals surface area (Å²) in [7, 11) is 0. The van der Waals surface area contributed by atoms with Crippen molar-refractivity contribution in [3.63, 3.8) is 0 Å². The van der Waals surface area contributed by atoms with Crippen LogP contribution < -0.4 is 0 Å². The number of rotatable bonds is 4. The predicted octanol–water partition coefficient (Wildman–Crippen LogP) is 4.97. The third-order valence-electron chi connectivity index (χ3n) is 3.31. The van der Waals surface area contributed by atoms with Crippen molar-refractivity contribution in [2.24, 2.45) is 0 Å². The van der Waals surface area contributed by atoms with Gasteiger partial charge >= 0.3 is 0 Å². The van der Waals surface area contributed by atoms with Crippen LogP contribution in [0, 0.1) is 0 Å². The van der Waals surface area contributed by atoms with Crippen LogP contribution in [-0.2, 0) is 6.42 Å². The lowest BCUT2D eigenvalue weighted by atomic mass is 10.1. The molecule has 2 nitrogen and oxygen atoms in total. The van der Waals surface area contributed by atoms with Gasteiger partial charge in [-0.25, -0.2) is 4.68 Å². The molecule has 0 saturated carbocycles. The fraction of sp³-hybridized carbons (Fsp3) is 0.118. The molecule has 0 aliphatic rings.